The highest BCUT2D eigenvalue weighted by Gasteiger charge is 1.95. The lowest BCUT2D eigenvalue weighted by Crippen LogP contribution is -1.89. The fourth-order valence-corrected chi connectivity index (χ4v) is 1.45. The minimum atomic E-state index is 0.476. The van der Waals surface area contributed by atoms with Gasteiger partial charge >= 0.3 is 0 Å². The number of hydrogen-bond donors (Lipinski definition) is 0. The zero-order chi connectivity index (χ0) is 8.53. The first-order chi connectivity index (χ1) is 5.31. The molecular formula is C10H18S. The number of unbranched alkanes of at least 4 members (excludes halogenated alkanes) is 2. The maximum Gasteiger partial charge on any atom is 0.0171 e. The lowest BCUT2D eigenvalue weighted by Gasteiger charge is -2.02. The minimum Gasteiger partial charge on any atom is -0.165 e. The van der Waals surface area contributed by atoms with Gasteiger partial charge in [-0.15, -0.1) is 12.3 Å². The van der Waals surface area contributed by atoms with Crippen LogP contribution in [0.2, 0.25) is 0 Å². The molecule has 1 atom stereocenters. The molecule has 0 saturated heterocycles. The van der Waals surface area contributed by atoms with E-state index in [1.165, 1.54) is 31.4 Å². The molecule has 0 saturated carbocycles. The summed E-state index contributed by atoms with van der Waals surface area (Å²) in [5, 5.41) is 0. The molecule has 0 bridgehead atoms. The molecule has 0 amide bonds. The van der Waals surface area contributed by atoms with Crippen molar-refractivity contribution in [3.05, 3.63) is 0 Å². The second-order valence-corrected chi connectivity index (χ2v) is 3.90. The Kier molecular flexibility index (Phi) is 7.95. The molecule has 0 aliphatic heterocycles. The predicted octanol–water partition coefficient (Wildman–Crippen LogP) is 3.18. The van der Waals surface area contributed by atoms with Gasteiger partial charge in [0.15, 0.2) is 0 Å². The molecule has 0 radical (unpaired) electrons. The van der Waals surface area contributed by atoms with Crippen LogP contribution in [0, 0.1) is 18.3 Å². The second-order valence-electron chi connectivity index (χ2n) is 2.91. The van der Waals surface area contributed by atoms with Crippen molar-refractivity contribution < 1.29 is 0 Å². The van der Waals surface area contributed by atoms with Crippen molar-refractivity contribution in [2.45, 2.75) is 32.6 Å². The van der Waals surface area contributed by atoms with Crippen molar-refractivity contribution >= 4 is 11.8 Å². The van der Waals surface area contributed by atoms with Crippen LogP contribution in [0.25, 0.3) is 0 Å². The first kappa shape index (κ1) is 10.9. The Balaban J connectivity index is 2.97. The highest BCUT2D eigenvalue weighted by molar-refractivity contribution is 7.98. The molecule has 0 N–H and O–H groups in total. The van der Waals surface area contributed by atoms with E-state index in [0.717, 1.165) is 0 Å². The summed E-state index contributed by atoms with van der Waals surface area (Å²) in [7, 11) is 0. The van der Waals surface area contributed by atoms with E-state index in [1.54, 1.807) is 0 Å². The first-order valence-corrected chi connectivity index (χ1v) is 5.65. The van der Waals surface area contributed by atoms with Crippen molar-refractivity contribution in [1.29, 1.82) is 0 Å². The largest absolute Gasteiger partial charge is 0.165 e. The average molecular weight is 170 g/mol. The quantitative estimate of drug-likeness (QED) is 0.436. The topological polar surface area (TPSA) is 0 Å². The van der Waals surface area contributed by atoms with Gasteiger partial charge in [-0.05, 0) is 24.9 Å². The van der Waals surface area contributed by atoms with Gasteiger partial charge in [-0.1, -0.05) is 19.8 Å². The van der Waals surface area contributed by atoms with E-state index in [1.807, 2.05) is 11.8 Å². The van der Waals surface area contributed by atoms with Gasteiger partial charge in [0, 0.05) is 5.92 Å². The Labute approximate surface area is 75.1 Å². The van der Waals surface area contributed by atoms with Crippen LogP contribution in [0.15, 0.2) is 0 Å². The smallest absolute Gasteiger partial charge is 0.0171 e. The van der Waals surface area contributed by atoms with Crippen LogP contribution >= 0.6 is 11.8 Å². The lowest BCUT2D eigenvalue weighted by molar-refractivity contribution is 0.590. The summed E-state index contributed by atoms with van der Waals surface area (Å²) < 4.78 is 0. The summed E-state index contributed by atoms with van der Waals surface area (Å²) in [4.78, 5) is 0. The van der Waals surface area contributed by atoms with Crippen molar-refractivity contribution in [1.82, 2.24) is 0 Å². The van der Waals surface area contributed by atoms with E-state index >= 15 is 0 Å². The highest BCUT2D eigenvalue weighted by atomic mass is 32.2. The average Bonchev–Trinajstić information content (AvgIpc) is 2.04. The molecule has 0 heterocycles. The number of terminal acetylenes is 1. The van der Waals surface area contributed by atoms with Crippen LogP contribution in [0.1, 0.15) is 32.6 Å². The summed E-state index contributed by atoms with van der Waals surface area (Å²) >= 11 is 1.93. The van der Waals surface area contributed by atoms with E-state index in [2.05, 4.69) is 19.1 Å². The van der Waals surface area contributed by atoms with Crippen molar-refractivity contribution in [3.63, 3.8) is 0 Å². The van der Waals surface area contributed by atoms with Gasteiger partial charge in [0.1, 0.15) is 0 Å². The third-order valence-corrected chi connectivity index (χ3v) is 2.47. The van der Waals surface area contributed by atoms with Gasteiger partial charge in [-0.3, -0.25) is 0 Å². The molecule has 0 aromatic carbocycles. The third kappa shape index (κ3) is 7.81. The van der Waals surface area contributed by atoms with Gasteiger partial charge in [0.05, 0.1) is 0 Å². The number of hydrogen-bond acceptors (Lipinski definition) is 1. The van der Waals surface area contributed by atoms with Crippen LogP contribution in [-0.2, 0) is 0 Å². The standard InChI is InChI=1S/C10H18S/c1-4-10(2)8-6-5-7-9-11-3/h1,10H,5-9H2,2-3H3. The van der Waals surface area contributed by atoms with Gasteiger partial charge < -0.3 is 0 Å². The molecule has 0 aromatic heterocycles. The lowest BCUT2D eigenvalue weighted by atomic mass is 10.0. The second kappa shape index (κ2) is 8.01. The molecule has 0 rings (SSSR count). The molecule has 0 spiro atoms. The fraction of sp³-hybridized carbons (Fsp3) is 0.800. The fourth-order valence-electron chi connectivity index (χ4n) is 0.957. The van der Waals surface area contributed by atoms with Crippen molar-refractivity contribution in [2.24, 2.45) is 5.92 Å². The molecule has 11 heavy (non-hydrogen) atoms. The van der Waals surface area contributed by atoms with Crippen LogP contribution in [0.3, 0.4) is 0 Å². The van der Waals surface area contributed by atoms with Gasteiger partial charge in [0.2, 0.25) is 0 Å². The van der Waals surface area contributed by atoms with E-state index < -0.39 is 0 Å². The maximum atomic E-state index is 5.26. The molecule has 0 aliphatic rings. The first-order valence-electron chi connectivity index (χ1n) is 4.26. The molecule has 0 aliphatic carbocycles. The Morgan fingerprint density at radius 1 is 1.36 bits per heavy atom. The normalized spacial score (nSPS) is 12.5. The summed E-state index contributed by atoms with van der Waals surface area (Å²) in [6, 6.07) is 0. The van der Waals surface area contributed by atoms with E-state index in [4.69, 9.17) is 6.42 Å². The number of thioether (sulfide) groups is 1. The Bertz CT molecular complexity index is 113. The predicted molar refractivity (Wildman–Crippen MR) is 54.8 cm³/mol. The summed E-state index contributed by atoms with van der Waals surface area (Å²) in [5.74, 6) is 4.52. The minimum absolute atomic E-state index is 0.476. The summed E-state index contributed by atoms with van der Waals surface area (Å²) in [6.07, 6.45) is 12.6. The molecule has 1 unspecified atom stereocenters. The van der Waals surface area contributed by atoms with Crippen molar-refractivity contribution in [2.75, 3.05) is 12.0 Å². The Morgan fingerprint density at radius 2 is 2.09 bits per heavy atom. The summed E-state index contributed by atoms with van der Waals surface area (Å²) in [6.45, 7) is 2.12. The molecule has 0 nitrogen and oxygen atoms in total. The number of rotatable bonds is 6. The van der Waals surface area contributed by atoms with Gasteiger partial charge in [-0.2, -0.15) is 11.8 Å². The summed E-state index contributed by atoms with van der Waals surface area (Å²) in [5.41, 5.74) is 0. The highest BCUT2D eigenvalue weighted by Crippen LogP contribution is 2.09. The van der Waals surface area contributed by atoms with E-state index in [9.17, 15) is 0 Å². The van der Waals surface area contributed by atoms with Crippen molar-refractivity contribution in [3.8, 4) is 12.3 Å². The van der Waals surface area contributed by atoms with E-state index in [-0.39, 0.29) is 0 Å². The van der Waals surface area contributed by atoms with Crippen LogP contribution < -0.4 is 0 Å². The van der Waals surface area contributed by atoms with Crippen LogP contribution in [0.4, 0.5) is 0 Å². The van der Waals surface area contributed by atoms with Gasteiger partial charge in [0.25, 0.3) is 0 Å². The zero-order valence-electron chi connectivity index (χ0n) is 7.60. The third-order valence-electron chi connectivity index (χ3n) is 1.77. The molecule has 64 valence electrons. The zero-order valence-corrected chi connectivity index (χ0v) is 8.41. The molecule has 1 heteroatoms. The molecule has 0 fully saturated rings. The van der Waals surface area contributed by atoms with Crippen LogP contribution in [0.5, 0.6) is 0 Å². The molecule has 0 aromatic rings. The van der Waals surface area contributed by atoms with Crippen LogP contribution in [-0.4, -0.2) is 12.0 Å². The maximum absolute atomic E-state index is 5.26. The SMILES string of the molecule is C#CC(C)CCCCCSC. The van der Waals surface area contributed by atoms with Gasteiger partial charge in [-0.25, -0.2) is 0 Å². The monoisotopic (exact) mass is 170 g/mol. The van der Waals surface area contributed by atoms with E-state index in [0.29, 0.717) is 5.92 Å². The Morgan fingerprint density at radius 3 is 2.64 bits per heavy atom. The molecular weight excluding hydrogens is 152 g/mol. The Hall–Kier alpha value is -0.0900.